The lowest BCUT2D eigenvalue weighted by Gasteiger charge is -2.03. The molecule has 0 spiro atoms. The second kappa shape index (κ2) is 4.89. The highest BCUT2D eigenvalue weighted by Gasteiger charge is 2.20. The van der Waals surface area contributed by atoms with Crippen LogP contribution in [0.2, 0.25) is 10.0 Å². The van der Waals surface area contributed by atoms with Gasteiger partial charge >= 0.3 is 0 Å². The van der Waals surface area contributed by atoms with Crippen molar-refractivity contribution < 1.29 is 4.52 Å². The van der Waals surface area contributed by atoms with Crippen LogP contribution in [-0.2, 0) is 0 Å². The van der Waals surface area contributed by atoms with E-state index in [1.54, 1.807) is 29.5 Å². The van der Waals surface area contributed by atoms with Gasteiger partial charge in [0.05, 0.1) is 10.6 Å². The van der Waals surface area contributed by atoms with Crippen molar-refractivity contribution in [1.29, 1.82) is 0 Å². The number of rotatable bonds is 2. The molecule has 0 saturated heterocycles. The van der Waals surface area contributed by atoms with Crippen LogP contribution in [0.1, 0.15) is 0 Å². The van der Waals surface area contributed by atoms with Gasteiger partial charge in [0.25, 0.3) is 0 Å². The molecule has 19 heavy (non-hydrogen) atoms. The molecule has 0 amide bonds. The summed E-state index contributed by atoms with van der Waals surface area (Å²) < 4.78 is 5.10. The number of thiophene rings is 1. The summed E-state index contributed by atoms with van der Waals surface area (Å²) in [6.07, 6.45) is 0. The Kier molecular flexibility index (Phi) is 3.22. The van der Waals surface area contributed by atoms with Gasteiger partial charge in [0.1, 0.15) is 5.69 Å². The third-order valence-electron chi connectivity index (χ3n) is 2.67. The molecule has 3 aromatic rings. The Hall–Kier alpha value is -1.49. The molecule has 0 aliphatic carbocycles. The van der Waals surface area contributed by atoms with E-state index in [4.69, 9.17) is 33.5 Å². The fourth-order valence-electron chi connectivity index (χ4n) is 1.82. The molecular formula is C13H8Cl2N2OS. The van der Waals surface area contributed by atoms with Gasteiger partial charge in [-0.3, -0.25) is 0 Å². The lowest BCUT2D eigenvalue weighted by atomic mass is 10.1. The van der Waals surface area contributed by atoms with Gasteiger partial charge in [0.15, 0.2) is 0 Å². The van der Waals surface area contributed by atoms with Crippen molar-refractivity contribution in [2.45, 2.75) is 0 Å². The quantitative estimate of drug-likeness (QED) is 0.728. The molecule has 3 nitrogen and oxygen atoms in total. The Labute approximate surface area is 123 Å². The lowest BCUT2D eigenvalue weighted by molar-refractivity contribution is 0.439. The number of benzene rings is 1. The summed E-state index contributed by atoms with van der Waals surface area (Å²) >= 11 is 13.8. The monoisotopic (exact) mass is 310 g/mol. The van der Waals surface area contributed by atoms with Crippen LogP contribution in [0.3, 0.4) is 0 Å². The Morgan fingerprint density at radius 1 is 1.21 bits per heavy atom. The summed E-state index contributed by atoms with van der Waals surface area (Å²) in [6.45, 7) is 0. The minimum atomic E-state index is 0.272. The van der Waals surface area contributed by atoms with Crippen LogP contribution in [0.25, 0.3) is 21.7 Å². The molecule has 0 saturated carbocycles. The van der Waals surface area contributed by atoms with Crippen LogP contribution < -0.4 is 5.73 Å². The normalized spacial score (nSPS) is 10.8. The zero-order valence-corrected chi connectivity index (χ0v) is 11.9. The first kappa shape index (κ1) is 12.5. The first-order valence-corrected chi connectivity index (χ1v) is 7.05. The maximum Gasteiger partial charge on any atom is 0.231 e. The van der Waals surface area contributed by atoms with E-state index in [1.807, 2.05) is 17.5 Å². The zero-order valence-electron chi connectivity index (χ0n) is 9.56. The van der Waals surface area contributed by atoms with Crippen LogP contribution in [0.5, 0.6) is 0 Å². The molecular weight excluding hydrogens is 303 g/mol. The third kappa shape index (κ3) is 2.23. The smallest absolute Gasteiger partial charge is 0.231 e. The maximum absolute atomic E-state index is 6.20. The molecule has 0 aliphatic heterocycles. The predicted molar refractivity (Wildman–Crippen MR) is 79.7 cm³/mol. The van der Waals surface area contributed by atoms with Gasteiger partial charge in [-0.2, -0.15) is 0 Å². The van der Waals surface area contributed by atoms with Crippen LogP contribution in [0.4, 0.5) is 5.88 Å². The summed E-state index contributed by atoms with van der Waals surface area (Å²) in [5, 5.41) is 7.10. The summed E-state index contributed by atoms with van der Waals surface area (Å²) in [4.78, 5) is 0.977. The highest BCUT2D eigenvalue weighted by Crippen LogP contribution is 2.41. The molecule has 96 valence electrons. The first-order chi connectivity index (χ1) is 9.16. The summed E-state index contributed by atoms with van der Waals surface area (Å²) in [7, 11) is 0. The lowest BCUT2D eigenvalue weighted by Crippen LogP contribution is -1.86. The average molecular weight is 311 g/mol. The van der Waals surface area contributed by atoms with E-state index in [0.717, 1.165) is 10.4 Å². The van der Waals surface area contributed by atoms with Gasteiger partial charge in [-0.25, -0.2) is 0 Å². The Bertz CT molecular complexity index is 722. The van der Waals surface area contributed by atoms with E-state index < -0.39 is 0 Å². The number of nitrogen functional groups attached to an aromatic ring is 1. The van der Waals surface area contributed by atoms with E-state index in [2.05, 4.69) is 5.16 Å². The SMILES string of the molecule is Nc1onc(-c2cc(Cl)ccc2Cl)c1-c1cccs1. The van der Waals surface area contributed by atoms with Crippen molar-refractivity contribution in [1.82, 2.24) is 5.16 Å². The van der Waals surface area contributed by atoms with Crippen molar-refractivity contribution in [3.63, 3.8) is 0 Å². The second-order valence-electron chi connectivity index (χ2n) is 3.87. The van der Waals surface area contributed by atoms with Gasteiger partial charge in [-0.05, 0) is 29.6 Å². The number of hydrogen-bond acceptors (Lipinski definition) is 4. The Balaban J connectivity index is 2.24. The molecule has 2 aromatic heterocycles. The van der Waals surface area contributed by atoms with Crippen molar-refractivity contribution in [2.75, 3.05) is 5.73 Å². The molecule has 1 aromatic carbocycles. The zero-order chi connectivity index (χ0) is 13.4. The minimum absolute atomic E-state index is 0.272. The van der Waals surface area contributed by atoms with Gasteiger partial charge in [0, 0.05) is 15.5 Å². The summed E-state index contributed by atoms with van der Waals surface area (Å²) in [5.41, 5.74) is 7.92. The standard InChI is InChI=1S/C13H8Cl2N2OS/c14-7-3-4-9(15)8(6-7)12-11(13(16)18-17-12)10-2-1-5-19-10/h1-6H,16H2. The van der Waals surface area contributed by atoms with E-state index in [0.29, 0.717) is 21.3 Å². The van der Waals surface area contributed by atoms with Crippen LogP contribution in [0, 0.1) is 0 Å². The van der Waals surface area contributed by atoms with Crippen LogP contribution >= 0.6 is 34.5 Å². The van der Waals surface area contributed by atoms with Crippen LogP contribution in [-0.4, -0.2) is 5.16 Å². The molecule has 0 bridgehead atoms. The average Bonchev–Trinajstić information content (AvgIpc) is 3.01. The Morgan fingerprint density at radius 2 is 2.05 bits per heavy atom. The Morgan fingerprint density at radius 3 is 2.79 bits per heavy atom. The number of anilines is 1. The van der Waals surface area contributed by atoms with Gasteiger partial charge in [-0.1, -0.05) is 34.4 Å². The van der Waals surface area contributed by atoms with Crippen molar-refractivity contribution in [2.24, 2.45) is 0 Å². The molecule has 0 atom stereocenters. The molecule has 0 fully saturated rings. The predicted octanol–water partition coefficient (Wildman–Crippen LogP) is 4.96. The topological polar surface area (TPSA) is 52.0 Å². The van der Waals surface area contributed by atoms with Crippen molar-refractivity contribution >= 4 is 40.4 Å². The fraction of sp³-hybridized carbons (Fsp3) is 0. The maximum atomic E-state index is 6.20. The highest BCUT2D eigenvalue weighted by molar-refractivity contribution is 7.13. The highest BCUT2D eigenvalue weighted by atomic mass is 35.5. The van der Waals surface area contributed by atoms with Gasteiger partial charge in [-0.15, -0.1) is 11.3 Å². The summed E-state index contributed by atoms with van der Waals surface area (Å²) in [5.74, 6) is 0.272. The first-order valence-electron chi connectivity index (χ1n) is 5.41. The second-order valence-corrected chi connectivity index (χ2v) is 5.66. The number of aromatic nitrogens is 1. The molecule has 0 aliphatic rings. The van der Waals surface area contributed by atoms with E-state index in [-0.39, 0.29) is 5.88 Å². The molecule has 2 N–H and O–H groups in total. The van der Waals surface area contributed by atoms with E-state index in [9.17, 15) is 0 Å². The largest absolute Gasteiger partial charge is 0.367 e. The number of nitrogens with zero attached hydrogens (tertiary/aromatic N) is 1. The number of hydrogen-bond donors (Lipinski definition) is 1. The van der Waals surface area contributed by atoms with Gasteiger partial charge in [0.2, 0.25) is 5.88 Å². The number of halogens is 2. The third-order valence-corrected chi connectivity index (χ3v) is 4.12. The molecule has 0 unspecified atom stereocenters. The minimum Gasteiger partial charge on any atom is -0.367 e. The van der Waals surface area contributed by atoms with Crippen molar-refractivity contribution in [3.05, 3.63) is 45.8 Å². The van der Waals surface area contributed by atoms with Crippen molar-refractivity contribution in [3.8, 4) is 21.7 Å². The molecule has 6 heteroatoms. The molecule has 2 heterocycles. The van der Waals surface area contributed by atoms with E-state index in [1.165, 1.54) is 0 Å². The fourth-order valence-corrected chi connectivity index (χ4v) is 2.98. The van der Waals surface area contributed by atoms with E-state index >= 15 is 0 Å². The molecule has 0 radical (unpaired) electrons. The molecule has 3 rings (SSSR count). The summed E-state index contributed by atoms with van der Waals surface area (Å²) in [6, 6.07) is 9.09. The van der Waals surface area contributed by atoms with Crippen LogP contribution in [0.15, 0.2) is 40.2 Å². The van der Waals surface area contributed by atoms with Gasteiger partial charge < -0.3 is 10.3 Å². The number of nitrogens with two attached hydrogens (primary N) is 1.